The lowest BCUT2D eigenvalue weighted by Crippen LogP contribution is -2.34. The van der Waals surface area contributed by atoms with Gasteiger partial charge in [-0.25, -0.2) is 4.79 Å². The Kier molecular flexibility index (Phi) is 4.16. The van der Waals surface area contributed by atoms with Crippen molar-refractivity contribution in [3.63, 3.8) is 0 Å². The Bertz CT molecular complexity index is 393. The zero-order valence-corrected chi connectivity index (χ0v) is 11.2. The normalized spacial score (nSPS) is 13.0. The maximum atomic E-state index is 11.8. The minimum absolute atomic E-state index is 0.235. The van der Waals surface area contributed by atoms with Gasteiger partial charge < -0.3 is 10.1 Å². The van der Waals surface area contributed by atoms with Crippen molar-refractivity contribution in [1.29, 1.82) is 0 Å². The second kappa shape index (κ2) is 5.21. The first-order valence-corrected chi connectivity index (χ1v) is 5.84. The highest BCUT2D eigenvalue weighted by molar-refractivity contribution is 5.79. The van der Waals surface area contributed by atoms with E-state index in [0.29, 0.717) is 0 Å². The third-order valence-corrected chi connectivity index (χ3v) is 2.28. The molecule has 1 rings (SSSR count). The van der Waals surface area contributed by atoms with Crippen LogP contribution in [0.4, 0.5) is 5.69 Å². The molecule has 0 heterocycles. The standard InChI is InChI=1S/C14H21NO2/c1-10-8-6-7-9-12(10)15-11(2)13(16)17-14(3,4)5/h6-9,11,15H,1-5H3. The number of hydrogen-bond acceptors (Lipinski definition) is 3. The molecular weight excluding hydrogens is 214 g/mol. The summed E-state index contributed by atoms with van der Waals surface area (Å²) in [6, 6.07) is 7.52. The van der Waals surface area contributed by atoms with Gasteiger partial charge in [0.15, 0.2) is 0 Å². The molecule has 1 unspecified atom stereocenters. The Morgan fingerprint density at radius 2 is 1.88 bits per heavy atom. The van der Waals surface area contributed by atoms with E-state index in [1.807, 2.05) is 52.0 Å². The zero-order chi connectivity index (χ0) is 13.1. The third kappa shape index (κ3) is 4.47. The molecule has 1 atom stereocenters. The fraction of sp³-hybridized carbons (Fsp3) is 0.500. The zero-order valence-electron chi connectivity index (χ0n) is 11.2. The molecule has 1 N–H and O–H groups in total. The summed E-state index contributed by atoms with van der Waals surface area (Å²) in [5.41, 5.74) is 1.63. The highest BCUT2D eigenvalue weighted by Crippen LogP contribution is 2.16. The van der Waals surface area contributed by atoms with Crippen LogP contribution in [0.3, 0.4) is 0 Å². The molecule has 0 radical (unpaired) electrons. The Hall–Kier alpha value is -1.51. The molecule has 94 valence electrons. The monoisotopic (exact) mass is 235 g/mol. The molecule has 0 aliphatic carbocycles. The fourth-order valence-electron chi connectivity index (χ4n) is 1.42. The molecule has 0 saturated heterocycles. The van der Waals surface area contributed by atoms with Gasteiger partial charge in [-0.05, 0) is 46.2 Å². The Labute approximate surface area is 103 Å². The largest absolute Gasteiger partial charge is 0.458 e. The number of hydrogen-bond donors (Lipinski definition) is 1. The van der Waals surface area contributed by atoms with Crippen LogP contribution in [0.25, 0.3) is 0 Å². The maximum absolute atomic E-state index is 11.8. The van der Waals surface area contributed by atoms with E-state index in [9.17, 15) is 4.79 Å². The summed E-state index contributed by atoms with van der Waals surface area (Å²) in [6.45, 7) is 9.41. The van der Waals surface area contributed by atoms with Gasteiger partial charge in [0, 0.05) is 5.69 Å². The van der Waals surface area contributed by atoms with Crippen molar-refractivity contribution in [3.8, 4) is 0 Å². The first kappa shape index (κ1) is 13.6. The van der Waals surface area contributed by atoms with Crippen LogP contribution in [-0.2, 0) is 9.53 Å². The lowest BCUT2D eigenvalue weighted by Gasteiger charge is -2.23. The highest BCUT2D eigenvalue weighted by atomic mass is 16.6. The number of anilines is 1. The molecule has 0 aliphatic heterocycles. The number of benzene rings is 1. The Balaban J connectivity index is 2.64. The minimum Gasteiger partial charge on any atom is -0.458 e. The fourth-order valence-corrected chi connectivity index (χ4v) is 1.42. The SMILES string of the molecule is Cc1ccccc1NC(C)C(=O)OC(C)(C)C. The summed E-state index contributed by atoms with van der Waals surface area (Å²) in [6.07, 6.45) is 0. The summed E-state index contributed by atoms with van der Waals surface area (Å²) < 4.78 is 5.31. The molecule has 1 aromatic carbocycles. The Morgan fingerprint density at radius 1 is 1.29 bits per heavy atom. The number of aryl methyl sites for hydroxylation is 1. The van der Waals surface area contributed by atoms with Gasteiger partial charge in [-0.15, -0.1) is 0 Å². The van der Waals surface area contributed by atoms with Crippen LogP contribution in [0.1, 0.15) is 33.3 Å². The molecule has 0 aliphatic rings. The van der Waals surface area contributed by atoms with E-state index in [1.54, 1.807) is 6.92 Å². The average Bonchev–Trinajstić information content (AvgIpc) is 2.18. The number of ether oxygens (including phenoxy) is 1. The molecule has 0 fully saturated rings. The molecule has 3 nitrogen and oxygen atoms in total. The number of esters is 1. The molecular formula is C14H21NO2. The first-order valence-electron chi connectivity index (χ1n) is 5.84. The van der Waals surface area contributed by atoms with Crippen LogP contribution in [0.5, 0.6) is 0 Å². The van der Waals surface area contributed by atoms with E-state index in [0.717, 1.165) is 11.3 Å². The van der Waals surface area contributed by atoms with Gasteiger partial charge >= 0.3 is 5.97 Å². The van der Waals surface area contributed by atoms with Crippen LogP contribution >= 0.6 is 0 Å². The molecule has 0 aromatic heterocycles. The van der Waals surface area contributed by atoms with Gasteiger partial charge in [0.05, 0.1) is 0 Å². The van der Waals surface area contributed by atoms with Gasteiger partial charge in [-0.3, -0.25) is 0 Å². The van der Waals surface area contributed by atoms with Crippen molar-refractivity contribution in [2.24, 2.45) is 0 Å². The first-order chi connectivity index (χ1) is 7.79. The number of rotatable bonds is 3. The van der Waals surface area contributed by atoms with Crippen LogP contribution < -0.4 is 5.32 Å². The number of nitrogens with one attached hydrogen (secondary N) is 1. The molecule has 0 saturated carbocycles. The van der Waals surface area contributed by atoms with E-state index in [-0.39, 0.29) is 12.0 Å². The van der Waals surface area contributed by atoms with Crippen molar-refractivity contribution in [2.45, 2.75) is 46.3 Å². The summed E-state index contributed by atoms with van der Waals surface area (Å²) in [4.78, 5) is 11.8. The lowest BCUT2D eigenvalue weighted by atomic mass is 10.1. The van der Waals surface area contributed by atoms with Crippen LogP contribution in [0.15, 0.2) is 24.3 Å². The predicted octanol–water partition coefficient (Wildman–Crippen LogP) is 3.14. The molecule has 1 aromatic rings. The maximum Gasteiger partial charge on any atom is 0.328 e. The van der Waals surface area contributed by atoms with Crippen molar-refractivity contribution in [1.82, 2.24) is 0 Å². The smallest absolute Gasteiger partial charge is 0.328 e. The van der Waals surface area contributed by atoms with Crippen LogP contribution in [0, 0.1) is 6.92 Å². The minimum atomic E-state index is -0.446. The van der Waals surface area contributed by atoms with Crippen molar-refractivity contribution >= 4 is 11.7 Å². The number of para-hydroxylation sites is 1. The second-order valence-corrected chi connectivity index (χ2v) is 5.21. The summed E-state index contributed by atoms with van der Waals surface area (Å²) in [7, 11) is 0. The van der Waals surface area contributed by atoms with Crippen molar-refractivity contribution < 1.29 is 9.53 Å². The Morgan fingerprint density at radius 3 is 2.41 bits per heavy atom. The highest BCUT2D eigenvalue weighted by Gasteiger charge is 2.21. The second-order valence-electron chi connectivity index (χ2n) is 5.21. The van der Waals surface area contributed by atoms with Gasteiger partial charge in [0.1, 0.15) is 11.6 Å². The van der Waals surface area contributed by atoms with Gasteiger partial charge in [-0.1, -0.05) is 18.2 Å². The van der Waals surface area contributed by atoms with Gasteiger partial charge in [-0.2, -0.15) is 0 Å². The molecule has 0 spiro atoms. The number of carbonyl (C=O) groups is 1. The van der Waals surface area contributed by atoms with Crippen LogP contribution in [0.2, 0.25) is 0 Å². The molecule has 3 heteroatoms. The van der Waals surface area contributed by atoms with Crippen molar-refractivity contribution in [3.05, 3.63) is 29.8 Å². The predicted molar refractivity (Wildman–Crippen MR) is 70.1 cm³/mol. The van der Waals surface area contributed by atoms with Gasteiger partial charge in [0.25, 0.3) is 0 Å². The van der Waals surface area contributed by atoms with E-state index >= 15 is 0 Å². The molecule has 0 bridgehead atoms. The topological polar surface area (TPSA) is 38.3 Å². The average molecular weight is 235 g/mol. The quantitative estimate of drug-likeness (QED) is 0.818. The lowest BCUT2D eigenvalue weighted by molar-refractivity contribution is -0.155. The van der Waals surface area contributed by atoms with Crippen LogP contribution in [-0.4, -0.2) is 17.6 Å². The van der Waals surface area contributed by atoms with E-state index in [4.69, 9.17) is 4.74 Å². The van der Waals surface area contributed by atoms with E-state index in [2.05, 4.69) is 5.32 Å². The van der Waals surface area contributed by atoms with E-state index < -0.39 is 5.60 Å². The van der Waals surface area contributed by atoms with Crippen molar-refractivity contribution in [2.75, 3.05) is 5.32 Å². The number of carbonyl (C=O) groups excluding carboxylic acids is 1. The molecule has 17 heavy (non-hydrogen) atoms. The van der Waals surface area contributed by atoms with E-state index in [1.165, 1.54) is 0 Å². The summed E-state index contributed by atoms with van der Waals surface area (Å²) in [5.74, 6) is -0.235. The third-order valence-electron chi connectivity index (χ3n) is 2.28. The molecule has 0 amide bonds. The summed E-state index contributed by atoms with van der Waals surface area (Å²) in [5, 5.41) is 3.16. The summed E-state index contributed by atoms with van der Waals surface area (Å²) >= 11 is 0. The van der Waals surface area contributed by atoms with Gasteiger partial charge in [0.2, 0.25) is 0 Å².